The highest BCUT2D eigenvalue weighted by Gasteiger charge is 2.18. The molecule has 0 radical (unpaired) electrons. The van der Waals surface area contributed by atoms with Crippen molar-refractivity contribution < 1.29 is 23.5 Å². The predicted molar refractivity (Wildman–Crippen MR) is 120 cm³/mol. The maximum Gasteiger partial charge on any atom is 0.280 e. The van der Waals surface area contributed by atoms with Crippen LogP contribution in [0.1, 0.15) is 36.9 Å². The molecule has 0 aliphatic carbocycles. The molecule has 0 fully saturated rings. The van der Waals surface area contributed by atoms with Crippen LogP contribution in [0.4, 0.5) is 9.39 Å². The molecule has 2 aromatic heterocycles. The SMILES string of the molecule is Cc1nc(Oc2ccc(C(N)=O)cc2)sc1NC(=O)c1cc(C(N)=O)c2ccc(F)cc2n1. The Morgan fingerprint density at radius 3 is 2.39 bits per heavy atom. The molecule has 0 aliphatic rings. The first-order valence-electron chi connectivity index (χ1n) is 9.48. The van der Waals surface area contributed by atoms with E-state index in [1.807, 2.05) is 0 Å². The quantitative estimate of drug-likeness (QED) is 0.397. The van der Waals surface area contributed by atoms with Crippen molar-refractivity contribution in [2.45, 2.75) is 6.92 Å². The number of carbonyl (C=O) groups excluding carboxylic acids is 3. The molecule has 0 bridgehead atoms. The highest BCUT2D eigenvalue weighted by molar-refractivity contribution is 7.17. The van der Waals surface area contributed by atoms with Crippen molar-refractivity contribution in [3.05, 3.63) is 76.9 Å². The number of nitrogens with one attached hydrogen (secondary N) is 1. The summed E-state index contributed by atoms with van der Waals surface area (Å²) in [4.78, 5) is 44.2. The van der Waals surface area contributed by atoms with Crippen LogP contribution < -0.4 is 21.5 Å². The van der Waals surface area contributed by atoms with E-state index in [0.717, 1.165) is 17.4 Å². The Kier molecular flexibility index (Phi) is 5.71. The van der Waals surface area contributed by atoms with Crippen molar-refractivity contribution in [2.75, 3.05) is 5.32 Å². The summed E-state index contributed by atoms with van der Waals surface area (Å²) in [7, 11) is 0. The van der Waals surface area contributed by atoms with Gasteiger partial charge in [0.2, 0.25) is 11.8 Å². The van der Waals surface area contributed by atoms with Crippen molar-refractivity contribution in [1.82, 2.24) is 9.97 Å². The first-order chi connectivity index (χ1) is 15.7. The first-order valence-corrected chi connectivity index (χ1v) is 10.3. The third-order valence-electron chi connectivity index (χ3n) is 4.62. The standard InChI is InChI=1S/C22H16FN5O4S/c1-10-21(33-22(26-10)32-13-5-2-11(3-6-13)18(24)29)28-20(31)17-9-15(19(25)30)14-7-4-12(23)8-16(14)27-17/h2-9H,1H3,(H2,24,29)(H2,25,30)(H,28,31). The number of ether oxygens (including phenoxy) is 1. The molecule has 4 aromatic rings. The molecule has 166 valence electrons. The number of carbonyl (C=O) groups is 3. The minimum atomic E-state index is -0.768. The number of amides is 3. The van der Waals surface area contributed by atoms with Crippen LogP contribution in [0.3, 0.4) is 0 Å². The van der Waals surface area contributed by atoms with E-state index in [4.69, 9.17) is 16.2 Å². The van der Waals surface area contributed by atoms with Gasteiger partial charge in [0.15, 0.2) is 0 Å². The van der Waals surface area contributed by atoms with Crippen LogP contribution in [-0.2, 0) is 0 Å². The third-order valence-corrected chi connectivity index (χ3v) is 5.57. The molecule has 0 unspecified atom stereocenters. The number of hydrogen-bond acceptors (Lipinski definition) is 7. The Balaban J connectivity index is 1.57. The van der Waals surface area contributed by atoms with Crippen LogP contribution in [0.2, 0.25) is 0 Å². The predicted octanol–water partition coefficient (Wildman–Crippen LogP) is 3.38. The number of aryl methyl sites for hydroxylation is 1. The molecule has 5 N–H and O–H groups in total. The fourth-order valence-corrected chi connectivity index (χ4v) is 3.84. The molecule has 9 nitrogen and oxygen atoms in total. The Bertz CT molecular complexity index is 1420. The summed E-state index contributed by atoms with van der Waals surface area (Å²) in [5.41, 5.74) is 11.5. The molecule has 33 heavy (non-hydrogen) atoms. The zero-order chi connectivity index (χ0) is 23.7. The van der Waals surface area contributed by atoms with Gasteiger partial charge in [0.25, 0.3) is 11.1 Å². The number of benzene rings is 2. The largest absolute Gasteiger partial charge is 0.431 e. The second-order valence-corrected chi connectivity index (χ2v) is 7.88. The van der Waals surface area contributed by atoms with Gasteiger partial charge in [-0.25, -0.2) is 14.4 Å². The molecule has 0 saturated heterocycles. The number of primary amides is 2. The van der Waals surface area contributed by atoms with Crippen LogP contribution in [0.15, 0.2) is 48.5 Å². The first kappa shape index (κ1) is 21.8. The minimum Gasteiger partial charge on any atom is -0.431 e. The van der Waals surface area contributed by atoms with Crippen molar-refractivity contribution in [1.29, 1.82) is 0 Å². The Morgan fingerprint density at radius 2 is 1.73 bits per heavy atom. The van der Waals surface area contributed by atoms with Gasteiger partial charge in [0.1, 0.15) is 22.3 Å². The van der Waals surface area contributed by atoms with E-state index in [9.17, 15) is 18.8 Å². The van der Waals surface area contributed by atoms with E-state index in [1.54, 1.807) is 19.1 Å². The maximum atomic E-state index is 13.6. The smallest absolute Gasteiger partial charge is 0.280 e. The number of thiazole rings is 1. The Hall–Kier alpha value is -4.38. The summed E-state index contributed by atoms with van der Waals surface area (Å²) in [6.45, 7) is 1.67. The number of pyridine rings is 1. The number of aromatic nitrogens is 2. The van der Waals surface area contributed by atoms with E-state index in [2.05, 4.69) is 15.3 Å². The van der Waals surface area contributed by atoms with Crippen LogP contribution >= 0.6 is 11.3 Å². The summed E-state index contributed by atoms with van der Waals surface area (Å²) in [5.74, 6) is -2.09. The number of hydrogen-bond donors (Lipinski definition) is 3. The summed E-state index contributed by atoms with van der Waals surface area (Å²) < 4.78 is 19.3. The van der Waals surface area contributed by atoms with Crippen molar-refractivity contribution >= 4 is 45.0 Å². The lowest BCUT2D eigenvalue weighted by atomic mass is 10.1. The van der Waals surface area contributed by atoms with E-state index in [-0.39, 0.29) is 22.0 Å². The Labute approximate surface area is 190 Å². The fourth-order valence-electron chi connectivity index (χ4n) is 3.01. The summed E-state index contributed by atoms with van der Waals surface area (Å²) in [5, 5.41) is 3.65. The molecule has 3 amide bonds. The number of nitrogens with two attached hydrogens (primary N) is 2. The average Bonchev–Trinajstić information content (AvgIpc) is 3.11. The molecule has 0 spiro atoms. The molecule has 2 heterocycles. The highest BCUT2D eigenvalue weighted by atomic mass is 32.1. The summed E-state index contributed by atoms with van der Waals surface area (Å²) >= 11 is 1.07. The zero-order valence-electron chi connectivity index (χ0n) is 17.1. The van der Waals surface area contributed by atoms with E-state index in [1.165, 1.54) is 30.3 Å². The maximum absolute atomic E-state index is 13.6. The van der Waals surface area contributed by atoms with Gasteiger partial charge in [-0.2, -0.15) is 0 Å². The monoisotopic (exact) mass is 465 g/mol. The van der Waals surface area contributed by atoms with Gasteiger partial charge in [0, 0.05) is 17.0 Å². The van der Waals surface area contributed by atoms with Gasteiger partial charge in [-0.1, -0.05) is 11.3 Å². The number of nitrogens with zero attached hydrogens (tertiary/aromatic N) is 2. The number of rotatable bonds is 6. The topological polar surface area (TPSA) is 150 Å². The van der Waals surface area contributed by atoms with E-state index in [0.29, 0.717) is 27.4 Å². The number of anilines is 1. The normalized spacial score (nSPS) is 10.7. The molecule has 0 saturated carbocycles. The fraction of sp³-hybridized carbons (Fsp3) is 0.0455. The van der Waals surface area contributed by atoms with Crippen LogP contribution in [0.25, 0.3) is 10.9 Å². The van der Waals surface area contributed by atoms with Gasteiger partial charge in [-0.05, 0) is 49.4 Å². The Morgan fingerprint density at radius 1 is 1.00 bits per heavy atom. The average molecular weight is 465 g/mol. The van der Waals surface area contributed by atoms with Crippen molar-refractivity contribution in [3.63, 3.8) is 0 Å². The van der Waals surface area contributed by atoms with Crippen LogP contribution in [-0.4, -0.2) is 27.7 Å². The van der Waals surface area contributed by atoms with Gasteiger partial charge >= 0.3 is 0 Å². The van der Waals surface area contributed by atoms with E-state index < -0.39 is 23.5 Å². The summed E-state index contributed by atoms with van der Waals surface area (Å²) in [6, 6.07) is 11.1. The summed E-state index contributed by atoms with van der Waals surface area (Å²) in [6.07, 6.45) is 0. The second-order valence-electron chi connectivity index (χ2n) is 6.92. The van der Waals surface area contributed by atoms with Crippen molar-refractivity contribution in [2.24, 2.45) is 11.5 Å². The third kappa shape index (κ3) is 4.62. The molecule has 0 aliphatic heterocycles. The lowest BCUT2D eigenvalue weighted by Crippen LogP contribution is -2.17. The lowest BCUT2D eigenvalue weighted by Gasteiger charge is -2.08. The van der Waals surface area contributed by atoms with Crippen molar-refractivity contribution in [3.8, 4) is 10.9 Å². The van der Waals surface area contributed by atoms with Gasteiger partial charge in [0.05, 0.1) is 16.8 Å². The van der Waals surface area contributed by atoms with Gasteiger partial charge in [-0.15, -0.1) is 0 Å². The number of fused-ring (bicyclic) bond motifs is 1. The molecule has 11 heteroatoms. The van der Waals surface area contributed by atoms with Crippen LogP contribution in [0, 0.1) is 12.7 Å². The molecule has 0 atom stereocenters. The number of halogens is 1. The zero-order valence-corrected chi connectivity index (χ0v) is 17.9. The van der Waals surface area contributed by atoms with Crippen LogP contribution in [0.5, 0.6) is 10.9 Å². The van der Waals surface area contributed by atoms with Gasteiger partial charge < -0.3 is 21.5 Å². The van der Waals surface area contributed by atoms with E-state index >= 15 is 0 Å². The lowest BCUT2D eigenvalue weighted by molar-refractivity contribution is 0.0991. The molecular weight excluding hydrogens is 449 g/mol. The minimum absolute atomic E-state index is 0.0506. The molecule has 2 aromatic carbocycles. The highest BCUT2D eigenvalue weighted by Crippen LogP contribution is 2.33. The van der Waals surface area contributed by atoms with Gasteiger partial charge in [-0.3, -0.25) is 14.4 Å². The molecule has 4 rings (SSSR count). The second kappa shape index (κ2) is 8.63. The molecular formula is C22H16FN5O4S.